The van der Waals surface area contributed by atoms with Gasteiger partial charge in [0.2, 0.25) is 0 Å². The van der Waals surface area contributed by atoms with E-state index in [9.17, 15) is 14.0 Å². The van der Waals surface area contributed by atoms with Crippen LogP contribution in [-0.4, -0.2) is 56.2 Å². The molecule has 2 amide bonds. The number of amides is 2. The molecule has 0 saturated carbocycles. The molecule has 0 spiro atoms. The first-order chi connectivity index (χ1) is 14.5. The molecule has 7 nitrogen and oxygen atoms in total. The van der Waals surface area contributed by atoms with Gasteiger partial charge in [-0.3, -0.25) is 9.59 Å². The van der Waals surface area contributed by atoms with Gasteiger partial charge in [-0.05, 0) is 49.7 Å². The zero-order valence-corrected chi connectivity index (χ0v) is 17.1. The van der Waals surface area contributed by atoms with E-state index in [4.69, 9.17) is 14.2 Å². The van der Waals surface area contributed by atoms with Gasteiger partial charge in [-0.2, -0.15) is 0 Å². The second-order valence-electron chi connectivity index (χ2n) is 6.79. The molecule has 1 fully saturated rings. The van der Waals surface area contributed by atoms with Gasteiger partial charge < -0.3 is 24.4 Å². The van der Waals surface area contributed by atoms with E-state index in [1.54, 1.807) is 36.1 Å². The minimum Gasteiger partial charge on any atom is -0.490 e. The van der Waals surface area contributed by atoms with Crippen LogP contribution in [0.3, 0.4) is 0 Å². The van der Waals surface area contributed by atoms with Crippen molar-refractivity contribution in [1.82, 2.24) is 4.90 Å². The average molecular weight is 416 g/mol. The van der Waals surface area contributed by atoms with Crippen LogP contribution in [0.2, 0.25) is 0 Å². The summed E-state index contributed by atoms with van der Waals surface area (Å²) in [6, 6.07) is 8.90. The fourth-order valence-electron chi connectivity index (χ4n) is 3.00. The number of nitrogens with zero attached hydrogens (tertiary/aromatic N) is 1. The van der Waals surface area contributed by atoms with Crippen molar-refractivity contribution < 1.29 is 28.2 Å². The summed E-state index contributed by atoms with van der Waals surface area (Å²) in [6.07, 6.45) is 0. The predicted octanol–water partition coefficient (Wildman–Crippen LogP) is 3.02. The summed E-state index contributed by atoms with van der Waals surface area (Å²) in [4.78, 5) is 26.6. The van der Waals surface area contributed by atoms with Crippen LogP contribution in [0.4, 0.5) is 10.1 Å². The van der Waals surface area contributed by atoms with E-state index in [0.717, 1.165) is 5.56 Å². The van der Waals surface area contributed by atoms with Crippen molar-refractivity contribution in [2.24, 2.45) is 0 Å². The van der Waals surface area contributed by atoms with Gasteiger partial charge in [-0.1, -0.05) is 6.07 Å². The third-order valence-electron chi connectivity index (χ3n) is 4.67. The van der Waals surface area contributed by atoms with E-state index in [1.807, 2.05) is 6.92 Å². The Kier molecular flexibility index (Phi) is 7.24. The number of ether oxygens (including phenoxy) is 3. The lowest BCUT2D eigenvalue weighted by molar-refractivity contribution is -0.137. The van der Waals surface area contributed by atoms with Crippen molar-refractivity contribution in [3.63, 3.8) is 0 Å². The van der Waals surface area contributed by atoms with Gasteiger partial charge in [-0.15, -0.1) is 0 Å². The molecule has 160 valence electrons. The number of carbonyl (C=O) groups excluding carboxylic acids is 2. The molecule has 1 aliphatic heterocycles. The Labute approximate surface area is 174 Å². The molecule has 2 aromatic carbocycles. The SMILES string of the molecule is CCOc1cc(C(=O)Nc2cc(F)ccc2C)ccc1OCC(=O)N1CCOCC1. The Hall–Kier alpha value is -3.13. The summed E-state index contributed by atoms with van der Waals surface area (Å²) in [5.74, 6) is -0.239. The Bertz CT molecular complexity index is 912. The van der Waals surface area contributed by atoms with Gasteiger partial charge >= 0.3 is 0 Å². The summed E-state index contributed by atoms with van der Waals surface area (Å²) in [7, 11) is 0. The molecule has 2 aromatic rings. The van der Waals surface area contributed by atoms with Gasteiger partial charge in [-0.25, -0.2) is 4.39 Å². The second kappa shape index (κ2) is 10.1. The van der Waals surface area contributed by atoms with Crippen LogP contribution in [-0.2, 0) is 9.53 Å². The number of hydrogen-bond donors (Lipinski definition) is 1. The summed E-state index contributed by atoms with van der Waals surface area (Å²) in [5.41, 5.74) is 1.47. The summed E-state index contributed by atoms with van der Waals surface area (Å²) >= 11 is 0. The number of halogens is 1. The third kappa shape index (κ3) is 5.48. The zero-order valence-electron chi connectivity index (χ0n) is 17.1. The fraction of sp³-hybridized carbons (Fsp3) is 0.364. The first-order valence-electron chi connectivity index (χ1n) is 9.80. The van der Waals surface area contributed by atoms with E-state index < -0.39 is 11.7 Å². The number of carbonyl (C=O) groups is 2. The molecule has 1 saturated heterocycles. The maximum Gasteiger partial charge on any atom is 0.260 e. The molecule has 0 aliphatic carbocycles. The lowest BCUT2D eigenvalue weighted by Crippen LogP contribution is -2.43. The molecule has 1 heterocycles. The van der Waals surface area contributed by atoms with Gasteiger partial charge in [0, 0.05) is 24.3 Å². The number of benzene rings is 2. The highest BCUT2D eigenvalue weighted by atomic mass is 19.1. The maximum absolute atomic E-state index is 13.5. The highest BCUT2D eigenvalue weighted by Crippen LogP contribution is 2.29. The fourth-order valence-corrected chi connectivity index (χ4v) is 3.00. The number of morpholine rings is 1. The molecule has 1 N–H and O–H groups in total. The Balaban J connectivity index is 1.70. The van der Waals surface area contributed by atoms with Crippen molar-refractivity contribution in [2.75, 3.05) is 44.8 Å². The molecular weight excluding hydrogens is 391 g/mol. The van der Waals surface area contributed by atoms with Crippen LogP contribution in [0.1, 0.15) is 22.8 Å². The summed E-state index contributed by atoms with van der Waals surface area (Å²) in [6.45, 7) is 5.94. The molecule has 0 radical (unpaired) electrons. The molecular formula is C22H25FN2O5. The van der Waals surface area contributed by atoms with Gasteiger partial charge in [0.05, 0.1) is 19.8 Å². The molecule has 0 bridgehead atoms. The minimum atomic E-state index is -0.431. The normalized spacial score (nSPS) is 13.6. The summed E-state index contributed by atoms with van der Waals surface area (Å²) in [5, 5.41) is 2.70. The lowest BCUT2D eigenvalue weighted by Gasteiger charge is -2.26. The van der Waals surface area contributed by atoms with E-state index in [2.05, 4.69) is 5.32 Å². The minimum absolute atomic E-state index is 0.131. The molecule has 30 heavy (non-hydrogen) atoms. The number of rotatable bonds is 7. The number of hydrogen-bond acceptors (Lipinski definition) is 5. The van der Waals surface area contributed by atoms with Crippen molar-refractivity contribution in [2.45, 2.75) is 13.8 Å². The standard InChI is InChI=1S/C22H25FN2O5/c1-3-29-20-12-16(22(27)24-18-13-17(23)6-4-15(18)2)5-7-19(20)30-14-21(26)25-8-10-28-11-9-25/h4-7,12-13H,3,8-11,14H2,1-2H3,(H,24,27). The van der Waals surface area contributed by atoms with Crippen LogP contribution < -0.4 is 14.8 Å². The molecule has 3 rings (SSSR count). The summed E-state index contributed by atoms with van der Waals surface area (Å²) < 4.78 is 30.0. The van der Waals surface area contributed by atoms with Crippen LogP contribution in [0, 0.1) is 12.7 Å². The monoisotopic (exact) mass is 416 g/mol. The van der Waals surface area contributed by atoms with Crippen molar-refractivity contribution >= 4 is 17.5 Å². The quantitative estimate of drug-likeness (QED) is 0.751. The van der Waals surface area contributed by atoms with Crippen LogP contribution in [0.25, 0.3) is 0 Å². The molecule has 0 unspecified atom stereocenters. The van der Waals surface area contributed by atoms with Crippen LogP contribution in [0.15, 0.2) is 36.4 Å². The average Bonchev–Trinajstić information content (AvgIpc) is 2.76. The first-order valence-corrected chi connectivity index (χ1v) is 9.80. The van der Waals surface area contributed by atoms with E-state index in [0.29, 0.717) is 55.7 Å². The Morgan fingerprint density at radius 3 is 2.60 bits per heavy atom. The molecule has 0 atom stereocenters. The number of aryl methyl sites for hydroxylation is 1. The smallest absolute Gasteiger partial charge is 0.260 e. The maximum atomic E-state index is 13.5. The first kappa shape index (κ1) is 21.6. The molecule has 1 aliphatic rings. The predicted molar refractivity (Wildman–Crippen MR) is 110 cm³/mol. The van der Waals surface area contributed by atoms with Crippen LogP contribution >= 0.6 is 0 Å². The number of anilines is 1. The van der Waals surface area contributed by atoms with E-state index in [1.165, 1.54) is 12.1 Å². The van der Waals surface area contributed by atoms with Gasteiger partial charge in [0.15, 0.2) is 18.1 Å². The Morgan fingerprint density at radius 2 is 1.87 bits per heavy atom. The third-order valence-corrected chi connectivity index (χ3v) is 4.67. The second-order valence-corrected chi connectivity index (χ2v) is 6.79. The molecule has 0 aromatic heterocycles. The lowest BCUT2D eigenvalue weighted by atomic mass is 10.1. The number of nitrogens with one attached hydrogen (secondary N) is 1. The van der Waals surface area contributed by atoms with Crippen LogP contribution in [0.5, 0.6) is 11.5 Å². The van der Waals surface area contributed by atoms with E-state index in [-0.39, 0.29) is 12.5 Å². The highest BCUT2D eigenvalue weighted by molar-refractivity contribution is 6.05. The largest absolute Gasteiger partial charge is 0.490 e. The van der Waals surface area contributed by atoms with Crippen molar-refractivity contribution in [3.8, 4) is 11.5 Å². The molecule has 8 heteroatoms. The van der Waals surface area contributed by atoms with Crippen molar-refractivity contribution in [1.29, 1.82) is 0 Å². The van der Waals surface area contributed by atoms with Gasteiger partial charge in [0.25, 0.3) is 11.8 Å². The zero-order chi connectivity index (χ0) is 21.5. The highest BCUT2D eigenvalue weighted by Gasteiger charge is 2.19. The van der Waals surface area contributed by atoms with Crippen molar-refractivity contribution in [3.05, 3.63) is 53.3 Å². The Morgan fingerprint density at radius 1 is 1.10 bits per heavy atom. The van der Waals surface area contributed by atoms with E-state index >= 15 is 0 Å². The topological polar surface area (TPSA) is 77.1 Å². The van der Waals surface area contributed by atoms with Gasteiger partial charge in [0.1, 0.15) is 5.82 Å².